The topological polar surface area (TPSA) is 12.0 Å². The van der Waals surface area contributed by atoms with Crippen LogP contribution in [0.2, 0.25) is 0 Å². The van der Waals surface area contributed by atoms with Crippen LogP contribution >= 0.6 is 0 Å². The van der Waals surface area contributed by atoms with E-state index in [9.17, 15) is 0 Å². The van der Waals surface area contributed by atoms with Crippen molar-refractivity contribution in [1.82, 2.24) is 5.32 Å². The minimum Gasteiger partial charge on any atom is -0.313 e. The van der Waals surface area contributed by atoms with Crippen molar-refractivity contribution in [2.24, 2.45) is 51.8 Å². The van der Waals surface area contributed by atoms with E-state index in [0.717, 1.165) is 47.0 Å². The fourth-order valence-corrected chi connectivity index (χ4v) is 6.55. The number of nitrogens with one attached hydrogen (secondary N) is 1. The first kappa shape index (κ1) is 40.0. The zero-order valence-corrected chi connectivity index (χ0v) is 31.8. The Balaban J connectivity index is 0.000000264. The van der Waals surface area contributed by atoms with Crippen molar-refractivity contribution in [3.05, 3.63) is 0 Å². The molecule has 5 aliphatic rings. The van der Waals surface area contributed by atoms with E-state index in [0.29, 0.717) is 10.8 Å². The minimum atomic E-state index is 0.459. The summed E-state index contributed by atoms with van der Waals surface area (Å²) in [5.74, 6) is 6.10. The molecule has 5 fully saturated rings. The van der Waals surface area contributed by atoms with Crippen LogP contribution in [0.3, 0.4) is 0 Å². The van der Waals surface area contributed by atoms with Gasteiger partial charge < -0.3 is 5.32 Å². The van der Waals surface area contributed by atoms with Crippen LogP contribution in [0.25, 0.3) is 0 Å². The first-order valence-electron chi connectivity index (χ1n) is 19.1. The molecule has 1 N–H and O–H groups in total. The summed E-state index contributed by atoms with van der Waals surface area (Å²) in [5.41, 5.74) is 1.81. The molecule has 1 unspecified atom stereocenters. The second-order valence-corrected chi connectivity index (χ2v) is 19.3. The highest BCUT2D eigenvalue weighted by Gasteiger charge is 2.37. The lowest BCUT2D eigenvalue weighted by Gasteiger charge is -2.34. The van der Waals surface area contributed by atoms with Gasteiger partial charge >= 0.3 is 0 Å². The Morgan fingerprint density at radius 3 is 1.43 bits per heavy atom. The van der Waals surface area contributed by atoms with Gasteiger partial charge in [0.05, 0.1) is 0 Å². The Kier molecular flexibility index (Phi) is 18.5. The Morgan fingerprint density at radius 2 is 1.21 bits per heavy atom. The summed E-state index contributed by atoms with van der Waals surface area (Å²) in [5, 5.41) is 3.56. The second kappa shape index (κ2) is 19.5. The summed E-state index contributed by atoms with van der Waals surface area (Å²) in [6.45, 7) is 31.4. The molecule has 0 aromatic rings. The first-order valence-corrected chi connectivity index (χ1v) is 19.1. The highest BCUT2D eigenvalue weighted by Crippen LogP contribution is 2.49. The molecule has 0 radical (unpaired) electrons. The number of rotatable bonds is 8. The van der Waals surface area contributed by atoms with Gasteiger partial charge in [0.15, 0.2) is 0 Å². The summed E-state index contributed by atoms with van der Waals surface area (Å²) in [6.07, 6.45) is 24.9. The zero-order chi connectivity index (χ0) is 32.0. The Hall–Kier alpha value is -0.0400. The largest absolute Gasteiger partial charge is 0.313 e. The molecule has 0 bridgehead atoms. The fraction of sp³-hybridized carbons (Fsp3) is 1.00. The van der Waals surface area contributed by atoms with Gasteiger partial charge in [0, 0.05) is 6.04 Å². The lowest BCUT2D eigenvalue weighted by Crippen LogP contribution is -2.43. The predicted molar refractivity (Wildman–Crippen MR) is 192 cm³/mol. The van der Waals surface area contributed by atoms with Crippen molar-refractivity contribution in [1.29, 1.82) is 0 Å². The molecule has 0 aromatic carbocycles. The summed E-state index contributed by atoms with van der Waals surface area (Å²) < 4.78 is 0. The van der Waals surface area contributed by atoms with Gasteiger partial charge in [-0.15, -0.1) is 0 Å². The smallest absolute Gasteiger partial charge is 0.0116 e. The van der Waals surface area contributed by atoms with Crippen LogP contribution in [-0.4, -0.2) is 12.6 Å². The van der Waals surface area contributed by atoms with E-state index in [-0.39, 0.29) is 0 Å². The van der Waals surface area contributed by atoms with E-state index in [1.807, 2.05) is 0 Å². The lowest BCUT2D eigenvalue weighted by atomic mass is 9.74. The highest BCUT2D eigenvalue weighted by atomic mass is 14.9. The van der Waals surface area contributed by atoms with E-state index in [4.69, 9.17) is 0 Å². The van der Waals surface area contributed by atoms with Crippen molar-refractivity contribution < 1.29 is 0 Å². The third kappa shape index (κ3) is 24.3. The van der Waals surface area contributed by atoms with Crippen molar-refractivity contribution in [3.8, 4) is 0 Å². The monoisotopic (exact) mass is 590 g/mol. The van der Waals surface area contributed by atoms with Crippen molar-refractivity contribution in [2.75, 3.05) is 6.54 Å². The summed E-state index contributed by atoms with van der Waals surface area (Å²) in [7, 11) is 0. The number of hydrogen-bond acceptors (Lipinski definition) is 1. The average Bonchev–Trinajstić information content (AvgIpc) is 3.69. The lowest BCUT2D eigenvalue weighted by molar-refractivity contribution is 0.207. The summed E-state index contributed by atoms with van der Waals surface area (Å²) in [4.78, 5) is 0. The van der Waals surface area contributed by atoms with Crippen molar-refractivity contribution in [3.63, 3.8) is 0 Å². The Bertz CT molecular complexity index is 635. The second-order valence-electron chi connectivity index (χ2n) is 19.3. The van der Waals surface area contributed by atoms with Crippen LogP contribution in [0.5, 0.6) is 0 Å². The van der Waals surface area contributed by atoms with Crippen molar-refractivity contribution >= 4 is 0 Å². The maximum atomic E-state index is 3.56. The van der Waals surface area contributed by atoms with E-state index in [2.05, 4.69) is 95.3 Å². The van der Waals surface area contributed by atoms with Crippen LogP contribution in [0.4, 0.5) is 0 Å². The molecular formula is C41H83N. The van der Waals surface area contributed by atoms with E-state index >= 15 is 0 Å². The van der Waals surface area contributed by atoms with Crippen LogP contribution in [-0.2, 0) is 0 Å². The molecule has 4 aliphatic carbocycles. The molecule has 1 aliphatic heterocycles. The molecule has 5 rings (SSSR count). The SMILES string of the molecule is CC(C)(C)C1CCCCN1.CC(C)(C)CC1CCC1.CC(C)CC1(C)CC1.CC(C)CC1CC1.CC(C)CCC1CC1. The van der Waals surface area contributed by atoms with Gasteiger partial charge in [0.2, 0.25) is 0 Å². The van der Waals surface area contributed by atoms with Gasteiger partial charge in [0.1, 0.15) is 0 Å². The molecule has 1 heteroatoms. The molecule has 1 heterocycles. The summed E-state index contributed by atoms with van der Waals surface area (Å²) >= 11 is 0. The molecule has 1 saturated heterocycles. The van der Waals surface area contributed by atoms with Gasteiger partial charge in [-0.2, -0.15) is 0 Å². The molecule has 0 aromatic heterocycles. The molecule has 0 amide bonds. The molecule has 1 atom stereocenters. The van der Waals surface area contributed by atoms with Gasteiger partial charge in [-0.3, -0.25) is 0 Å². The van der Waals surface area contributed by atoms with Gasteiger partial charge in [-0.1, -0.05) is 154 Å². The Labute approximate surface area is 268 Å². The van der Waals surface area contributed by atoms with Crippen LogP contribution in [0.15, 0.2) is 0 Å². The van der Waals surface area contributed by atoms with Gasteiger partial charge in [-0.25, -0.2) is 0 Å². The molecule has 0 spiro atoms. The molecule has 4 saturated carbocycles. The number of hydrogen-bond donors (Lipinski definition) is 1. The van der Waals surface area contributed by atoms with Crippen LogP contribution < -0.4 is 5.32 Å². The quantitative estimate of drug-likeness (QED) is 0.297. The third-order valence-corrected chi connectivity index (χ3v) is 9.84. The van der Waals surface area contributed by atoms with Gasteiger partial charge in [-0.05, 0) is 103 Å². The standard InChI is InChI=1S/C9H19N.C9H18.2C8H16.C7H14/c1-9(2,3)8-6-4-5-7-10-8;1-9(2,3)7-8-5-4-6-8;1-7(2)6-8(3)4-5-8;1-7(2)3-4-8-5-6-8;1-6(2)5-7-3-4-7/h8,10H,4-7H2,1-3H3;8H,4-7H2,1-3H3;7H,4-6H2,1-3H3;7-8H,3-6H2,1-2H3;6-7H,3-5H2,1-2H3. The molecule has 1 nitrogen and oxygen atoms in total. The minimum absolute atomic E-state index is 0.459. The summed E-state index contributed by atoms with van der Waals surface area (Å²) in [6, 6.07) is 0.751. The first-order chi connectivity index (χ1) is 19.4. The molecule has 252 valence electrons. The third-order valence-electron chi connectivity index (χ3n) is 9.84. The predicted octanol–water partition coefficient (Wildman–Crippen LogP) is 13.5. The maximum Gasteiger partial charge on any atom is 0.0116 e. The molecule has 42 heavy (non-hydrogen) atoms. The van der Waals surface area contributed by atoms with Gasteiger partial charge in [0.25, 0.3) is 0 Å². The molecular weight excluding hydrogens is 506 g/mol. The van der Waals surface area contributed by atoms with Crippen LogP contribution in [0.1, 0.15) is 199 Å². The fourth-order valence-electron chi connectivity index (χ4n) is 6.55. The normalized spacial score (nSPS) is 23.3. The number of piperidine rings is 1. The van der Waals surface area contributed by atoms with E-state index < -0.39 is 0 Å². The average molecular weight is 590 g/mol. The zero-order valence-electron chi connectivity index (χ0n) is 31.8. The highest BCUT2D eigenvalue weighted by molar-refractivity contribution is 4.88. The Morgan fingerprint density at radius 1 is 0.643 bits per heavy atom. The van der Waals surface area contributed by atoms with Crippen LogP contribution in [0, 0.1) is 51.8 Å². The van der Waals surface area contributed by atoms with Crippen molar-refractivity contribution in [2.45, 2.75) is 205 Å². The van der Waals surface area contributed by atoms with E-state index in [1.165, 1.54) is 116 Å². The maximum absolute atomic E-state index is 3.56. The van der Waals surface area contributed by atoms with E-state index in [1.54, 1.807) is 0 Å².